The zero-order chi connectivity index (χ0) is 10.8. The van der Waals surface area contributed by atoms with Crippen LogP contribution in [0.3, 0.4) is 0 Å². The van der Waals surface area contributed by atoms with Crippen LogP contribution < -0.4 is 0 Å². The molecule has 0 unspecified atom stereocenters. The van der Waals surface area contributed by atoms with E-state index < -0.39 is 11.8 Å². The molecule has 76 valence electrons. The van der Waals surface area contributed by atoms with Gasteiger partial charge in [0.15, 0.2) is 0 Å². The largest absolute Gasteiger partial charge is 0.478 e. The third-order valence-electron chi connectivity index (χ3n) is 2.05. The number of hydrogen-bond donors (Lipinski definition) is 1. The molecule has 0 amide bonds. The maximum atomic E-state index is 13.3. The molecule has 4 heteroatoms. The van der Waals surface area contributed by atoms with Crippen molar-refractivity contribution in [2.24, 2.45) is 0 Å². The second-order valence-electron chi connectivity index (χ2n) is 3.01. The lowest BCUT2D eigenvalue weighted by molar-refractivity contribution is 0.0692. The first-order valence-corrected chi connectivity index (χ1v) is 5.18. The normalized spacial score (nSPS) is 10.2. The van der Waals surface area contributed by atoms with Gasteiger partial charge in [0.25, 0.3) is 0 Å². The van der Waals surface area contributed by atoms with E-state index in [4.69, 9.17) is 5.11 Å². The molecule has 0 atom stereocenters. The average Bonchev–Trinajstić information content (AvgIpc) is 2.69. The Morgan fingerprint density at radius 1 is 1.27 bits per heavy atom. The molecular formula is C11H7FO2S. The molecule has 0 bridgehead atoms. The van der Waals surface area contributed by atoms with Crippen molar-refractivity contribution in [2.75, 3.05) is 0 Å². The van der Waals surface area contributed by atoms with E-state index in [9.17, 15) is 9.18 Å². The third-order valence-corrected chi connectivity index (χ3v) is 2.74. The summed E-state index contributed by atoms with van der Waals surface area (Å²) in [6, 6.07) is 5.99. The molecule has 15 heavy (non-hydrogen) atoms. The Hall–Kier alpha value is -1.68. The van der Waals surface area contributed by atoms with E-state index in [0.29, 0.717) is 5.56 Å². The van der Waals surface area contributed by atoms with Gasteiger partial charge in [-0.15, -0.1) is 0 Å². The minimum absolute atomic E-state index is 0.297. The predicted octanol–water partition coefficient (Wildman–Crippen LogP) is 3.25. The van der Waals surface area contributed by atoms with Crippen molar-refractivity contribution in [2.45, 2.75) is 0 Å². The van der Waals surface area contributed by atoms with Crippen molar-refractivity contribution in [3.63, 3.8) is 0 Å². The molecule has 1 aromatic carbocycles. The van der Waals surface area contributed by atoms with Crippen LogP contribution in [0.5, 0.6) is 0 Å². The summed E-state index contributed by atoms with van der Waals surface area (Å²) in [6.45, 7) is 0. The van der Waals surface area contributed by atoms with Crippen molar-refractivity contribution in [1.82, 2.24) is 0 Å². The third kappa shape index (κ3) is 1.89. The van der Waals surface area contributed by atoms with Crippen LogP contribution in [0.25, 0.3) is 11.1 Å². The van der Waals surface area contributed by atoms with Gasteiger partial charge in [-0.1, -0.05) is 6.07 Å². The number of rotatable bonds is 2. The van der Waals surface area contributed by atoms with Gasteiger partial charge in [-0.25, -0.2) is 9.18 Å². The van der Waals surface area contributed by atoms with Gasteiger partial charge >= 0.3 is 5.97 Å². The first-order valence-electron chi connectivity index (χ1n) is 4.24. The fourth-order valence-corrected chi connectivity index (χ4v) is 1.96. The molecule has 1 aromatic heterocycles. The summed E-state index contributed by atoms with van der Waals surface area (Å²) in [4.78, 5) is 10.6. The first kappa shape index (κ1) is 9.86. The zero-order valence-corrected chi connectivity index (χ0v) is 8.42. The highest BCUT2D eigenvalue weighted by Crippen LogP contribution is 2.24. The molecule has 0 saturated carbocycles. The fourth-order valence-electron chi connectivity index (χ4n) is 1.30. The molecule has 2 nitrogen and oxygen atoms in total. The van der Waals surface area contributed by atoms with Gasteiger partial charge in [0.2, 0.25) is 0 Å². The summed E-state index contributed by atoms with van der Waals surface area (Å²) in [5, 5.41) is 12.4. The monoisotopic (exact) mass is 222 g/mol. The highest BCUT2D eigenvalue weighted by atomic mass is 32.1. The number of aromatic carboxylic acids is 1. The van der Waals surface area contributed by atoms with E-state index in [-0.39, 0.29) is 5.56 Å². The lowest BCUT2D eigenvalue weighted by atomic mass is 10.1. The SMILES string of the molecule is O=C(O)c1ccc(-c2ccsc2)cc1F. The second kappa shape index (κ2) is 3.82. The zero-order valence-electron chi connectivity index (χ0n) is 7.61. The number of halogens is 1. The summed E-state index contributed by atoms with van der Waals surface area (Å²) in [5.41, 5.74) is 1.29. The van der Waals surface area contributed by atoms with E-state index in [1.165, 1.54) is 23.5 Å². The standard InChI is InChI=1S/C11H7FO2S/c12-10-5-7(8-3-4-15-6-8)1-2-9(10)11(13)14/h1-6H,(H,13,14). The topological polar surface area (TPSA) is 37.3 Å². The Labute approximate surface area is 89.6 Å². The molecule has 0 aliphatic heterocycles. The summed E-state index contributed by atoms with van der Waals surface area (Å²) in [5.74, 6) is -1.95. The summed E-state index contributed by atoms with van der Waals surface area (Å²) >= 11 is 1.51. The summed E-state index contributed by atoms with van der Waals surface area (Å²) < 4.78 is 13.3. The molecule has 0 saturated heterocycles. The van der Waals surface area contributed by atoms with Gasteiger partial charge in [0.05, 0.1) is 5.56 Å². The number of thiophene rings is 1. The fraction of sp³-hybridized carbons (Fsp3) is 0. The lowest BCUT2D eigenvalue weighted by Gasteiger charge is -2.00. The Balaban J connectivity index is 2.47. The van der Waals surface area contributed by atoms with Crippen molar-refractivity contribution in [1.29, 1.82) is 0 Å². The maximum Gasteiger partial charge on any atom is 0.338 e. The molecule has 0 spiro atoms. The molecule has 0 aliphatic rings. The summed E-state index contributed by atoms with van der Waals surface area (Å²) in [6.07, 6.45) is 0. The van der Waals surface area contributed by atoms with Crippen LogP contribution in [0.1, 0.15) is 10.4 Å². The van der Waals surface area contributed by atoms with Crippen LogP contribution >= 0.6 is 11.3 Å². The molecule has 2 aromatic rings. The van der Waals surface area contributed by atoms with Crippen molar-refractivity contribution in [3.05, 3.63) is 46.4 Å². The highest BCUT2D eigenvalue weighted by Gasteiger charge is 2.10. The van der Waals surface area contributed by atoms with Crippen LogP contribution in [0.15, 0.2) is 35.0 Å². The molecular weight excluding hydrogens is 215 g/mol. The van der Waals surface area contributed by atoms with E-state index in [1.807, 2.05) is 16.8 Å². The molecule has 2 rings (SSSR count). The molecule has 1 N–H and O–H groups in total. The number of carboxylic acids is 1. The van der Waals surface area contributed by atoms with Crippen LogP contribution in [-0.2, 0) is 0 Å². The Bertz CT molecular complexity index is 491. The highest BCUT2D eigenvalue weighted by molar-refractivity contribution is 7.08. The Morgan fingerprint density at radius 3 is 2.60 bits per heavy atom. The van der Waals surface area contributed by atoms with E-state index in [2.05, 4.69) is 0 Å². The molecule has 0 fully saturated rings. The predicted molar refractivity (Wildman–Crippen MR) is 56.7 cm³/mol. The smallest absolute Gasteiger partial charge is 0.338 e. The van der Waals surface area contributed by atoms with Gasteiger partial charge in [-0.2, -0.15) is 11.3 Å². The van der Waals surface area contributed by atoms with Crippen LogP contribution in [-0.4, -0.2) is 11.1 Å². The van der Waals surface area contributed by atoms with Crippen molar-refractivity contribution in [3.8, 4) is 11.1 Å². The summed E-state index contributed by atoms with van der Waals surface area (Å²) in [7, 11) is 0. The maximum absolute atomic E-state index is 13.3. The van der Waals surface area contributed by atoms with Crippen molar-refractivity contribution >= 4 is 17.3 Å². The second-order valence-corrected chi connectivity index (χ2v) is 3.79. The Kier molecular flexibility index (Phi) is 2.51. The van der Waals surface area contributed by atoms with Gasteiger partial charge in [-0.05, 0) is 40.1 Å². The van der Waals surface area contributed by atoms with Crippen LogP contribution in [0, 0.1) is 5.82 Å². The quantitative estimate of drug-likeness (QED) is 0.846. The first-order chi connectivity index (χ1) is 7.18. The van der Waals surface area contributed by atoms with E-state index in [0.717, 1.165) is 5.56 Å². The van der Waals surface area contributed by atoms with Gasteiger partial charge in [0.1, 0.15) is 5.82 Å². The Morgan fingerprint density at radius 2 is 2.07 bits per heavy atom. The number of hydrogen-bond acceptors (Lipinski definition) is 2. The van der Waals surface area contributed by atoms with Gasteiger partial charge in [-0.3, -0.25) is 0 Å². The van der Waals surface area contributed by atoms with Crippen LogP contribution in [0.4, 0.5) is 4.39 Å². The van der Waals surface area contributed by atoms with E-state index >= 15 is 0 Å². The minimum Gasteiger partial charge on any atom is -0.478 e. The molecule has 0 radical (unpaired) electrons. The lowest BCUT2D eigenvalue weighted by Crippen LogP contribution is -1.99. The minimum atomic E-state index is -1.25. The molecule has 0 aliphatic carbocycles. The van der Waals surface area contributed by atoms with E-state index in [1.54, 1.807) is 6.07 Å². The van der Waals surface area contributed by atoms with Crippen molar-refractivity contribution < 1.29 is 14.3 Å². The average molecular weight is 222 g/mol. The number of carboxylic acid groups (broad SMARTS) is 1. The molecule has 1 heterocycles. The van der Waals surface area contributed by atoms with Gasteiger partial charge < -0.3 is 5.11 Å². The number of carbonyl (C=O) groups is 1. The number of benzene rings is 1. The van der Waals surface area contributed by atoms with Crippen LogP contribution in [0.2, 0.25) is 0 Å². The van der Waals surface area contributed by atoms with Gasteiger partial charge in [0, 0.05) is 0 Å².